The van der Waals surface area contributed by atoms with Crippen molar-refractivity contribution in [2.24, 2.45) is 17.1 Å². The van der Waals surface area contributed by atoms with Crippen molar-refractivity contribution < 1.29 is 9.59 Å². The van der Waals surface area contributed by atoms with Gasteiger partial charge in [0.25, 0.3) is 0 Å². The first kappa shape index (κ1) is 20.1. The molecule has 1 atom stereocenters. The zero-order valence-electron chi connectivity index (χ0n) is 16.5. The molecule has 0 aromatic heterocycles. The summed E-state index contributed by atoms with van der Waals surface area (Å²) in [5, 5.41) is 13.2. The minimum Gasteiger partial charge on any atom is -0.369 e. The van der Waals surface area contributed by atoms with Crippen molar-refractivity contribution in [3.8, 4) is 6.07 Å². The van der Waals surface area contributed by atoms with Gasteiger partial charge < -0.3 is 16.0 Å². The number of nitrogens with zero attached hydrogens (tertiary/aromatic N) is 2. The van der Waals surface area contributed by atoms with Crippen molar-refractivity contribution in [3.05, 3.63) is 0 Å². The van der Waals surface area contributed by atoms with Gasteiger partial charge in [-0.1, -0.05) is 32.1 Å². The Hall–Kier alpha value is -1.61. The molecule has 0 spiro atoms. The highest BCUT2D eigenvalue weighted by molar-refractivity contribution is 5.83. The summed E-state index contributed by atoms with van der Waals surface area (Å²) >= 11 is 0. The average Bonchev–Trinajstić information content (AvgIpc) is 3.37. The van der Waals surface area contributed by atoms with Gasteiger partial charge in [0.05, 0.1) is 6.07 Å². The number of carbonyl (C=O) groups is 2. The molecular weight excluding hydrogens is 340 g/mol. The smallest absolute Gasteiger partial charge is 0.223 e. The van der Waals surface area contributed by atoms with E-state index in [0.717, 1.165) is 51.5 Å². The van der Waals surface area contributed by atoms with Gasteiger partial charge in [0.1, 0.15) is 5.54 Å². The summed E-state index contributed by atoms with van der Waals surface area (Å²) in [6, 6.07) is 2.45. The zero-order valence-corrected chi connectivity index (χ0v) is 16.5. The van der Waals surface area contributed by atoms with Crippen LogP contribution in [-0.2, 0) is 9.59 Å². The molecule has 0 bridgehead atoms. The molecular formula is C21H34N4O2. The first-order valence-electron chi connectivity index (χ1n) is 10.7. The van der Waals surface area contributed by atoms with Gasteiger partial charge in [0, 0.05) is 24.9 Å². The number of hydrogen-bond acceptors (Lipinski definition) is 4. The highest BCUT2D eigenvalue weighted by Crippen LogP contribution is 2.40. The van der Waals surface area contributed by atoms with E-state index in [0.29, 0.717) is 38.3 Å². The minimum atomic E-state index is -0.730. The topological polar surface area (TPSA) is 99.2 Å². The number of amides is 2. The molecule has 6 nitrogen and oxygen atoms in total. The fourth-order valence-electron chi connectivity index (χ4n) is 5.36. The zero-order chi connectivity index (χ0) is 19.3. The second-order valence-corrected chi connectivity index (χ2v) is 8.93. The lowest BCUT2D eigenvalue weighted by Gasteiger charge is -2.39. The molecule has 2 amide bonds. The molecule has 1 heterocycles. The quantitative estimate of drug-likeness (QED) is 0.715. The third kappa shape index (κ3) is 4.29. The van der Waals surface area contributed by atoms with E-state index in [2.05, 4.69) is 11.4 Å². The molecule has 1 unspecified atom stereocenters. The summed E-state index contributed by atoms with van der Waals surface area (Å²) in [5.74, 6) is 0.271. The Labute approximate surface area is 162 Å². The highest BCUT2D eigenvalue weighted by Gasteiger charge is 2.45. The average molecular weight is 375 g/mol. The van der Waals surface area contributed by atoms with Crippen LogP contribution >= 0.6 is 0 Å². The normalized spacial score (nSPS) is 28.0. The maximum absolute atomic E-state index is 13.3. The van der Waals surface area contributed by atoms with Crippen molar-refractivity contribution in [3.63, 3.8) is 0 Å². The van der Waals surface area contributed by atoms with E-state index in [-0.39, 0.29) is 11.8 Å². The van der Waals surface area contributed by atoms with E-state index < -0.39 is 11.0 Å². The SMILES string of the molecule is N#CC1(N(CC2CCCC2)C(=O)CCC2(C(N)=O)CCCCC2)CCNC1. The van der Waals surface area contributed by atoms with Crippen LogP contribution in [0.2, 0.25) is 0 Å². The van der Waals surface area contributed by atoms with Crippen LogP contribution in [-0.4, -0.2) is 41.9 Å². The predicted octanol–water partition coefficient (Wildman–Crippen LogP) is 2.48. The van der Waals surface area contributed by atoms with E-state index in [1.807, 2.05) is 4.90 Å². The van der Waals surface area contributed by atoms with Crippen LogP contribution in [0.15, 0.2) is 0 Å². The van der Waals surface area contributed by atoms with Crippen molar-refractivity contribution in [2.45, 2.75) is 82.6 Å². The van der Waals surface area contributed by atoms with E-state index >= 15 is 0 Å². The Balaban J connectivity index is 1.72. The van der Waals surface area contributed by atoms with E-state index in [9.17, 15) is 14.9 Å². The third-order valence-corrected chi connectivity index (χ3v) is 7.22. The molecule has 0 aromatic rings. The Bertz CT molecular complexity index is 579. The molecule has 3 N–H and O–H groups in total. The molecule has 1 saturated heterocycles. The lowest BCUT2D eigenvalue weighted by Crippen LogP contribution is -2.54. The number of nitrogens with two attached hydrogens (primary N) is 1. The van der Waals surface area contributed by atoms with Crippen molar-refractivity contribution in [1.29, 1.82) is 5.26 Å². The number of rotatable bonds is 7. The second-order valence-electron chi connectivity index (χ2n) is 8.93. The summed E-state index contributed by atoms with van der Waals surface area (Å²) in [6.45, 7) is 1.99. The van der Waals surface area contributed by atoms with Gasteiger partial charge in [-0.2, -0.15) is 5.26 Å². The van der Waals surface area contributed by atoms with E-state index in [1.54, 1.807) is 0 Å². The van der Waals surface area contributed by atoms with Crippen molar-refractivity contribution in [2.75, 3.05) is 19.6 Å². The van der Waals surface area contributed by atoms with Crippen molar-refractivity contribution >= 4 is 11.8 Å². The molecule has 3 rings (SSSR count). The third-order valence-electron chi connectivity index (χ3n) is 7.22. The van der Waals surface area contributed by atoms with Gasteiger partial charge in [-0.15, -0.1) is 0 Å². The molecule has 6 heteroatoms. The number of carbonyl (C=O) groups excluding carboxylic acids is 2. The summed E-state index contributed by atoms with van der Waals surface area (Å²) in [4.78, 5) is 27.3. The van der Waals surface area contributed by atoms with E-state index in [1.165, 1.54) is 12.8 Å². The molecule has 27 heavy (non-hydrogen) atoms. The molecule has 150 valence electrons. The van der Waals surface area contributed by atoms with Crippen LogP contribution in [0.25, 0.3) is 0 Å². The molecule has 1 aliphatic heterocycles. The number of nitriles is 1. The Morgan fingerprint density at radius 3 is 2.37 bits per heavy atom. The van der Waals surface area contributed by atoms with Crippen LogP contribution in [0.3, 0.4) is 0 Å². The standard InChI is InChI=1S/C21H34N4O2/c22-15-21(12-13-24-16-21)25(14-17-6-2-3-7-17)18(26)8-11-20(19(23)27)9-4-1-5-10-20/h17,24H,1-14,16H2,(H2,23,27). The first-order valence-corrected chi connectivity index (χ1v) is 10.7. The molecule has 2 aliphatic carbocycles. The molecule has 3 aliphatic rings. The van der Waals surface area contributed by atoms with Gasteiger partial charge in [-0.3, -0.25) is 9.59 Å². The van der Waals surface area contributed by atoms with Gasteiger partial charge >= 0.3 is 0 Å². The first-order chi connectivity index (χ1) is 13.0. The van der Waals surface area contributed by atoms with Gasteiger partial charge in [-0.05, 0) is 51.0 Å². The highest BCUT2D eigenvalue weighted by atomic mass is 16.2. The second kappa shape index (κ2) is 8.60. The largest absolute Gasteiger partial charge is 0.369 e. The van der Waals surface area contributed by atoms with Crippen LogP contribution < -0.4 is 11.1 Å². The maximum Gasteiger partial charge on any atom is 0.223 e. The lowest BCUT2D eigenvalue weighted by molar-refractivity contribution is -0.138. The predicted molar refractivity (Wildman–Crippen MR) is 103 cm³/mol. The Morgan fingerprint density at radius 2 is 1.81 bits per heavy atom. The summed E-state index contributed by atoms with van der Waals surface area (Å²) in [7, 11) is 0. The molecule has 0 aromatic carbocycles. The van der Waals surface area contributed by atoms with Crippen LogP contribution in [0.5, 0.6) is 0 Å². The number of hydrogen-bond donors (Lipinski definition) is 2. The molecule has 0 radical (unpaired) electrons. The molecule has 2 saturated carbocycles. The Morgan fingerprint density at radius 1 is 1.11 bits per heavy atom. The van der Waals surface area contributed by atoms with Crippen LogP contribution in [0, 0.1) is 22.7 Å². The van der Waals surface area contributed by atoms with Gasteiger partial charge in [-0.25, -0.2) is 0 Å². The van der Waals surface area contributed by atoms with Gasteiger partial charge in [0.2, 0.25) is 11.8 Å². The summed E-state index contributed by atoms with van der Waals surface area (Å²) in [5.41, 5.74) is 4.49. The van der Waals surface area contributed by atoms with E-state index in [4.69, 9.17) is 5.73 Å². The molecule has 3 fully saturated rings. The maximum atomic E-state index is 13.3. The van der Waals surface area contributed by atoms with Crippen molar-refractivity contribution in [1.82, 2.24) is 10.2 Å². The van der Waals surface area contributed by atoms with Gasteiger partial charge in [0.15, 0.2) is 0 Å². The Kier molecular flexibility index (Phi) is 6.41. The fourth-order valence-corrected chi connectivity index (χ4v) is 5.36. The fraction of sp³-hybridized carbons (Fsp3) is 0.857. The lowest BCUT2D eigenvalue weighted by atomic mass is 9.70. The minimum absolute atomic E-state index is 0.0262. The summed E-state index contributed by atoms with van der Waals surface area (Å²) in [6.07, 6.45) is 11.0. The van der Waals surface area contributed by atoms with Crippen LogP contribution in [0.4, 0.5) is 0 Å². The summed E-state index contributed by atoms with van der Waals surface area (Å²) < 4.78 is 0. The number of nitrogens with one attached hydrogen (secondary N) is 1. The van der Waals surface area contributed by atoms with Crippen LogP contribution in [0.1, 0.15) is 77.0 Å². The number of primary amides is 1. The monoisotopic (exact) mass is 374 g/mol.